The molecule has 0 rings (SSSR count). The van der Waals surface area contributed by atoms with Crippen LogP contribution >= 0.6 is 0 Å². The quantitative estimate of drug-likeness (QED) is 0.598. The Kier molecular flexibility index (Phi) is 8.72. The number of ether oxygens (including phenoxy) is 2. The number of carbonyl (C=O) groups is 2. The number of rotatable bonds is 9. The zero-order chi connectivity index (χ0) is 17.5. The van der Waals surface area contributed by atoms with Crippen LogP contribution in [0.5, 0.6) is 0 Å². The molecule has 0 spiro atoms. The normalized spacial score (nSPS) is 14.8. The Morgan fingerprint density at radius 1 is 1.05 bits per heavy atom. The molecule has 130 valence electrons. The third-order valence-corrected chi connectivity index (χ3v) is 4.15. The lowest BCUT2D eigenvalue weighted by molar-refractivity contribution is -0.179. The van der Waals surface area contributed by atoms with Crippen LogP contribution in [-0.4, -0.2) is 24.6 Å². The molecular formula is C18H34O4. The summed E-state index contributed by atoms with van der Waals surface area (Å²) in [5.41, 5.74) is -0.612. The summed E-state index contributed by atoms with van der Waals surface area (Å²) in [5.74, 6) is -0.132. The molecule has 0 aromatic heterocycles. The molecule has 2 unspecified atom stereocenters. The Morgan fingerprint density at radius 3 is 1.95 bits per heavy atom. The molecule has 4 nitrogen and oxygen atoms in total. The second kappa shape index (κ2) is 9.16. The molecule has 0 heterocycles. The van der Waals surface area contributed by atoms with Crippen LogP contribution in [0, 0.1) is 23.2 Å². The summed E-state index contributed by atoms with van der Waals surface area (Å²) in [4.78, 5) is 24.6. The molecule has 22 heavy (non-hydrogen) atoms. The molecular weight excluding hydrogens is 280 g/mol. The third kappa shape index (κ3) is 5.98. The standard InChI is InChI=1S/C18H34O4/c1-9-14(11-12(3)4)18(7,8)17(20)22-15(13(5)6)16(19)21-10-2/h12-15H,9-11H2,1-8H3. The van der Waals surface area contributed by atoms with E-state index in [1.54, 1.807) is 6.92 Å². The first kappa shape index (κ1) is 20.9. The van der Waals surface area contributed by atoms with Crippen LogP contribution in [0.25, 0.3) is 0 Å². The number of hydrogen-bond acceptors (Lipinski definition) is 4. The van der Waals surface area contributed by atoms with Gasteiger partial charge in [-0.2, -0.15) is 0 Å². The summed E-state index contributed by atoms with van der Waals surface area (Å²) in [6.45, 7) is 16.0. The maximum absolute atomic E-state index is 12.6. The topological polar surface area (TPSA) is 52.6 Å². The van der Waals surface area contributed by atoms with E-state index in [-0.39, 0.29) is 24.4 Å². The first-order valence-electron chi connectivity index (χ1n) is 8.45. The Labute approximate surface area is 135 Å². The molecule has 0 radical (unpaired) electrons. The zero-order valence-corrected chi connectivity index (χ0v) is 15.6. The van der Waals surface area contributed by atoms with Gasteiger partial charge in [0.05, 0.1) is 12.0 Å². The van der Waals surface area contributed by atoms with Gasteiger partial charge < -0.3 is 9.47 Å². The van der Waals surface area contributed by atoms with Crippen LogP contribution in [0.2, 0.25) is 0 Å². The van der Waals surface area contributed by atoms with E-state index in [9.17, 15) is 9.59 Å². The minimum atomic E-state index is -0.830. The van der Waals surface area contributed by atoms with Crippen LogP contribution < -0.4 is 0 Å². The zero-order valence-electron chi connectivity index (χ0n) is 15.6. The molecule has 0 aliphatic carbocycles. The van der Waals surface area contributed by atoms with Gasteiger partial charge in [0.15, 0.2) is 0 Å². The minimum absolute atomic E-state index is 0.107. The molecule has 0 amide bonds. The van der Waals surface area contributed by atoms with Crippen molar-refractivity contribution in [1.82, 2.24) is 0 Å². The predicted octanol–water partition coefficient (Wildman–Crippen LogP) is 4.22. The molecule has 2 atom stereocenters. The average molecular weight is 314 g/mol. The summed E-state index contributed by atoms with van der Waals surface area (Å²) in [6, 6.07) is 0. The lowest BCUT2D eigenvalue weighted by atomic mass is 9.73. The van der Waals surface area contributed by atoms with Gasteiger partial charge in [-0.3, -0.25) is 4.79 Å². The van der Waals surface area contributed by atoms with Crippen molar-refractivity contribution in [2.75, 3.05) is 6.61 Å². The maximum Gasteiger partial charge on any atom is 0.347 e. The Bertz CT molecular complexity index is 358. The summed E-state index contributed by atoms with van der Waals surface area (Å²) in [6.07, 6.45) is 1.04. The van der Waals surface area contributed by atoms with E-state index in [4.69, 9.17) is 9.47 Å². The smallest absolute Gasteiger partial charge is 0.347 e. The third-order valence-electron chi connectivity index (χ3n) is 4.15. The van der Waals surface area contributed by atoms with Gasteiger partial charge in [-0.1, -0.05) is 41.0 Å². The largest absolute Gasteiger partial charge is 0.463 e. The van der Waals surface area contributed by atoms with E-state index >= 15 is 0 Å². The van der Waals surface area contributed by atoms with E-state index in [0.29, 0.717) is 5.92 Å². The van der Waals surface area contributed by atoms with E-state index in [2.05, 4.69) is 20.8 Å². The molecule has 0 bridgehead atoms. The molecule has 4 heteroatoms. The van der Waals surface area contributed by atoms with Crippen molar-refractivity contribution < 1.29 is 19.1 Å². The van der Waals surface area contributed by atoms with Crippen molar-refractivity contribution in [3.05, 3.63) is 0 Å². The van der Waals surface area contributed by atoms with Crippen molar-refractivity contribution in [3.8, 4) is 0 Å². The van der Waals surface area contributed by atoms with Gasteiger partial charge in [0, 0.05) is 5.92 Å². The van der Waals surface area contributed by atoms with Gasteiger partial charge in [0.25, 0.3) is 0 Å². The fourth-order valence-corrected chi connectivity index (χ4v) is 2.66. The molecule has 0 fully saturated rings. The van der Waals surface area contributed by atoms with Crippen molar-refractivity contribution >= 4 is 11.9 Å². The molecule has 0 saturated heterocycles. The van der Waals surface area contributed by atoms with Crippen LogP contribution in [0.3, 0.4) is 0 Å². The maximum atomic E-state index is 12.6. The Hall–Kier alpha value is -1.06. The van der Waals surface area contributed by atoms with E-state index in [0.717, 1.165) is 12.8 Å². The Balaban J connectivity index is 5.07. The van der Waals surface area contributed by atoms with Crippen LogP contribution in [0.15, 0.2) is 0 Å². The lowest BCUT2D eigenvalue weighted by Gasteiger charge is -2.34. The van der Waals surface area contributed by atoms with Gasteiger partial charge in [0.2, 0.25) is 6.10 Å². The Morgan fingerprint density at radius 2 is 1.59 bits per heavy atom. The van der Waals surface area contributed by atoms with E-state index < -0.39 is 17.5 Å². The SMILES string of the molecule is CCOC(=O)C(OC(=O)C(C)(C)C(CC)CC(C)C)C(C)C. The average Bonchev–Trinajstić information content (AvgIpc) is 2.40. The highest BCUT2D eigenvalue weighted by atomic mass is 16.6. The second-order valence-corrected chi connectivity index (χ2v) is 7.28. The van der Waals surface area contributed by atoms with Gasteiger partial charge in [-0.25, -0.2) is 4.79 Å². The van der Waals surface area contributed by atoms with Gasteiger partial charge in [0.1, 0.15) is 0 Å². The fourth-order valence-electron chi connectivity index (χ4n) is 2.66. The van der Waals surface area contributed by atoms with Crippen LogP contribution in [0.1, 0.15) is 68.2 Å². The first-order valence-corrected chi connectivity index (χ1v) is 8.45. The number of esters is 2. The first-order chi connectivity index (χ1) is 10.1. The predicted molar refractivity (Wildman–Crippen MR) is 88.4 cm³/mol. The monoisotopic (exact) mass is 314 g/mol. The van der Waals surface area contributed by atoms with Crippen molar-refractivity contribution in [1.29, 1.82) is 0 Å². The molecule has 0 aliphatic rings. The van der Waals surface area contributed by atoms with Crippen molar-refractivity contribution in [2.24, 2.45) is 23.2 Å². The number of carbonyl (C=O) groups excluding carboxylic acids is 2. The molecule has 0 aromatic carbocycles. The number of hydrogen-bond donors (Lipinski definition) is 0. The van der Waals surface area contributed by atoms with E-state index in [1.807, 2.05) is 27.7 Å². The molecule has 0 aliphatic heterocycles. The highest BCUT2D eigenvalue weighted by Gasteiger charge is 2.40. The highest BCUT2D eigenvalue weighted by Crippen LogP contribution is 2.36. The molecule has 0 aromatic rings. The van der Waals surface area contributed by atoms with Gasteiger partial charge in [-0.15, -0.1) is 0 Å². The van der Waals surface area contributed by atoms with Crippen molar-refractivity contribution in [2.45, 2.75) is 74.3 Å². The lowest BCUT2D eigenvalue weighted by Crippen LogP contribution is -2.41. The molecule has 0 N–H and O–H groups in total. The summed E-state index contributed by atoms with van der Waals surface area (Å²) in [7, 11) is 0. The van der Waals surface area contributed by atoms with Gasteiger partial charge >= 0.3 is 11.9 Å². The summed E-state index contributed by atoms with van der Waals surface area (Å²) >= 11 is 0. The summed E-state index contributed by atoms with van der Waals surface area (Å²) < 4.78 is 10.6. The molecule has 0 saturated carbocycles. The fraction of sp³-hybridized carbons (Fsp3) is 0.889. The second-order valence-electron chi connectivity index (χ2n) is 7.28. The minimum Gasteiger partial charge on any atom is -0.463 e. The van der Waals surface area contributed by atoms with Crippen LogP contribution in [0.4, 0.5) is 0 Å². The van der Waals surface area contributed by atoms with Crippen molar-refractivity contribution in [3.63, 3.8) is 0 Å². The highest BCUT2D eigenvalue weighted by molar-refractivity contribution is 5.82. The summed E-state index contributed by atoms with van der Waals surface area (Å²) in [5, 5.41) is 0. The van der Waals surface area contributed by atoms with Crippen LogP contribution in [-0.2, 0) is 19.1 Å². The van der Waals surface area contributed by atoms with E-state index in [1.165, 1.54) is 0 Å². The van der Waals surface area contributed by atoms with Gasteiger partial charge in [-0.05, 0) is 39.0 Å².